The van der Waals surface area contributed by atoms with Crippen molar-refractivity contribution in [2.24, 2.45) is 7.05 Å². The number of esters is 2. The summed E-state index contributed by atoms with van der Waals surface area (Å²) in [6, 6.07) is 18.9. The number of nitrogens with one attached hydrogen (secondary N) is 1. The average molecular weight is 558 g/mol. The summed E-state index contributed by atoms with van der Waals surface area (Å²) < 4.78 is 18.3. The highest BCUT2D eigenvalue weighted by atomic mass is 16.6. The van der Waals surface area contributed by atoms with Crippen LogP contribution in [0.15, 0.2) is 60.7 Å². The molecule has 1 aromatic heterocycles. The van der Waals surface area contributed by atoms with E-state index in [1.807, 2.05) is 97.1 Å². The molecule has 0 radical (unpaired) electrons. The molecule has 1 heterocycles. The van der Waals surface area contributed by atoms with E-state index in [9.17, 15) is 14.4 Å². The van der Waals surface area contributed by atoms with Gasteiger partial charge >= 0.3 is 18.0 Å². The second-order valence-corrected chi connectivity index (χ2v) is 12.0. The monoisotopic (exact) mass is 557 g/mol. The quantitative estimate of drug-likeness (QED) is 0.128. The molecule has 0 aliphatic rings. The second kappa shape index (κ2) is 11.2. The SMILES string of the molecule is CC(=O)Oc1ccc(-c2c3cc(CC(=O)OC(C)(C)C)ccc3c3ccc(NC(=O)OC(C)(C)C)cc3[n+]2C)cc1. The number of aryl methyl sites for hydroxylation is 1. The third-order valence-corrected chi connectivity index (χ3v) is 6.13. The first-order valence-corrected chi connectivity index (χ1v) is 13.5. The molecule has 0 unspecified atom stereocenters. The number of hydrogen-bond acceptors (Lipinski definition) is 6. The number of carbonyl (C=O) groups excluding carboxylic acids is 3. The van der Waals surface area contributed by atoms with Crippen LogP contribution in [0, 0.1) is 0 Å². The lowest BCUT2D eigenvalue weighted by Gasteiger charge is -2.20. The lowest BCUT2D eigenvalue weighted by Crippen LogP contribution is -2.33. The first-order valence-electron chi connectivity index (χ1n) is 13.5. The number of rotatable bonds is 5. The maximum atomic E-state index is 12.6. The third kappa shape index (κ3) is 7.39. The molecule has 1 amide bonds. The molecule has 41 heavy (non-hydrogen) atoms. The lowest BCUT2D eigenvalue weighted by molar-refractivity contribution is -0.632. The van der Waals surface area contributed by atoms with E-state index in [0.717, 1.165) is 38.5 Å². The highest BCUT2D eigenvalue weighted by Crippen LogP contribution is 2.34. The molecule has 0 saturated carbocycles. The van der Waals surface area contributed by atoms with Gasteiger partial charge in [0.1, 0.15) is 24.0 Å². The van der Waals surface area contributed by atoms with E-state index in [2.05, 4.69) is 9.88 Å². The van der Waals surface area contributed by atoms with E-state index in [0.29, 0.717) is 11.4 Å². The van der Waals surface area contributed by atoms with Gasteiger partial charge in [0, 0.05) is 23.9 Å². The molecule has 214 valence electrons. The summed E-state index contributed by atoms with van der Waals surface area (Å²) in [7, 11) is 1.95. The normalized spacial score (nSPS) is 11.8. The number of benzene rings is 3. The lowest BCUT2D eigenvalue weighted by atomic mass is 9.96. The number of ether oxygens (including phenoxy) is 3. The van der Waals surface area contributed by atoms with Crippen molar-refractivity contribution in [2.75, 3.05) is 5.32 Å². The van der Waals surface area contributed by atoms with E-state index in [1.165, 1.54) is 6.92 Å². The first kappa shape index (κ1) is 29.5. The van der Waals surface area contributed by atoms with Gasteiger partial charge in [0.15, 0.2) is 0 Å². The highest BCUT2D eigenvalue weighted by Gasteiger charge is 2.24. The fraction of sp³-hybridized carbons (Fsp3) is 0.333. The zero-order chi connectivity index (χ0) is 30.1. The minimum atomic E-state index is -0.621. The molecule has 8 nitrogen and oxygen atoms in total. The Morgan fingerprint density at radius 3 is 2.02 bits per heavy atom. The molecular weight excluding hydrogens is 520 g/mol. The minimum absolute atomic E-state index is 0.137. The van der Waals surface area contributed by atoms with Crippen molar-refractivity contribution in [2.45, 2.75) is 66.1 Å². The summed E-state index contributed by atoms with van der Waals surface area (Å²) in [4.78, 5) is 36.5. The number of hydrogen-bond donors (Lipinski definition) is 1. The molecule has 0 atom stereocenters. The van der Waals surface area contributed by atoms with E-state index in [-0.39, 0.29) is 12.4 Å². The van der Waals surface area contributed by atoms with Gasteiger partial charge in [-0.05, 0) is 89.6 Å². The second-order valence-electron chi connectivity index (χ2n) is 12.0. The summed E-state index contributed by atoms with van der Waals surface area (Å²) in [5.74, 6) is -0.244. The largest absolute Gasteiger partial charge is 0.460 e. The standard InChI is InChI=1S/C33H36N2O6/c1-20(36)39-24-13-10-22(11-14-24)30-27-17-21(18-29(37)40-32(2,3)4)9-15-25(27)26-16-12-23(19-28(26)35(30)8)34-31(38)41-33(5,6)7/h9-17,19H,18H2,1-8H3/p+1. The average Bonchev–Trinajstić information content (AvgIpc) is 2.82. The Balaban J connectivity index is 1.87. The van der Waals surface area contributed by atoms with E-state index in [4.69, 9.17) is 14.2 Å². The van der Waals surface area contributed by atoms with Crippen LogP contribution in [-0.4, -0.2) is 29.2 Å². The van der Waals surface area contributed by atoms with Gasteiger partial charge in [-0.3, -0.25) is 14.9 Å². The molecule has 0 aliphatic carbocycles. The van der Waals surface area contributed by atoms with Crippen LogP contribution >= 0.6 is 0 Å². The number of aromatic nitrogens is 1. The van der Waals surface area contributed by atoms with Crippen molar-refractivity contribution >= 4 is 45.4 Å². The number of fused-ring (bicyclic) bond motifs is 3. The molecule has 1 N–H and O–H groups in total. The maximum absolute atomic E-state index is 12.6. The van der Waals surface area contributed by atoms with Crippen LogP contribution in [0.4, 0.5) is 10.5 Å². The molecular formula is C33H37N2O6+. The van der Waals surface area contributed by atoms with Gasteiger partial charge in [-0.25, -0.2) is 4.79 Å². The smallest absolute Gasteiger partial charge is 0.412 e. The van der Waals surface area contributed by atoms with Crippen LogP contribution in [0.1, 0.15) is 54.0 Å². The van der Waals surface area contributed by atoms with E-state index < -0.39 is 23.3 Å². The number of carbonyl (C=O) groups is 3. The highest BCUT2D eigenvalue weighted by molar-refractivity contribution is 6.10. The number of nitrogens with zero attached hydrogens (tertiary/aromatic N) is 1. The third-order valence-electron chi connectivity index (χ3n) is 6.13. The molecule has 0 aliphatic heterocycles. The maximum Gasteiger partial charge on any atom is 0.412 e. The van der Waals surface area contributed by atoms with Crippen molar-refractivity contribution < 1.29 is 33.2 Å². The van der Waals surface area contributed by atoms with Gasteiger partial charge in [0.25, 0.3) is 0 Å². The van der Waals surface area contributed by atoms with Crippen molar-refractivity contribution in [3.05, 3.63) is 66.2 Å². The predicted octanol–water partition coefficient (Wildman–Crippen LogP) is 6.64. The van der Waals surface area contributed by atoms with Crippen molar-refractivity contribution in [3.63, 3.8) is 0 Å². The topological polar surface area (TPSA) is 94.8 Å². The fourth-order valence-electron chi connectivity index (χ4n) is 4.71. The summed E-state index contributed by atoms with van der Waals surface area (Å²) in [5.41, 5.74) is 2.88. The van der Waals surface area contributed by atoms with Gasteiger partial charge in [-0.1, -0.05) is 12.1 Å². The molecule has 0 bridgehead atoms. The van der Waals surface area contributed by atoms with Gasteiger partial charge in [-0.2, -0.15) is 4.57 Å². The predicted molar refractivity (Wildman–Crippen MR) is 159 cm³/mol. The molecule has 8 heteroatoms. The summed E-state index contributed by atoms with van der Waals surface area (Å²) >= 11 is 0. The molecule has 3 aromatic carbocycles. The molecule has 0 fully saturated rings. The Morgan fingerprint density at radius 2 is 1.41 bits per heavy atom. The number of amides is 1. The zero-order valence-electron chi connectivity index (χ0n) is 24.9. The van der Waals surface area contributed by atoms with E-state index in [1.54, 1.807) is 12.1 Å². The van der Waals surface area contributed by atoms with Crippen LogP contribution in [-0.2, 0) is 32.5 Å². The Morgan fingerprint density at radius 1 is 0.780 bits per heavy atom. The van der Waals surface area contributed by atoms with Gasteiger partial charge in [0.2, 0.25) is 11.2 Å². The molecule has 4 aromatic rings. The van der Waals surface area contributed by atoms with Crippen molar-refractivity contribution in [1.29, 1.82) is 0 Å². The van der Waals surface area contributed by atoms with E-state index >= 15 is 0 Å². The Bertz CT molecular complexity index is 1640. The molecule has 0 saturated heterocycles. The van der Waals surface area contributed by atoms with Gasteiger partial charge in [0.05, 0.1) is 22.9 Å². The summed E-state index contributed by atoms with van der Waals surface area (Å²) in [6.45, 7) is 12.3. The van der Waals surface area contributed by atoms with Crippen LogP contribution in [0.2, 0.25) is 0 Å². The van der Waals surface area contributed by atoms with Crippen molar-refractivity contribution in [1.82, 2.24) is 0 Å². The Hall–Kier alpha value is -4.46. The Kier molecular flexibility index (Phi) is 8.06. The Labute approximate surface area is 240 Å². The van der Waals surface area contributed by atoms with Gasteiger partial charge < -0.3 is 14.2 Å². The van der Waals surface area contributed by atoms with Crippen LogP contribution < -0.4 is 14.6 Å². The molecule has 4 rings (SSSR count). The van der Waals surface area contributed by atoms with Crippen molar-refractivity contribution in [3.8, 4) is 17.0 Å². The summed E-state index contributed by atoms with van der Waals surface area (Å²) in [6.07, 6.45) is -0.396. The number of pyridine rings is 1. The summed E-state index contributed by atoms with van der Waals surface area (Å²) in [5, 5.41) is 5.72. The molecule has 0 spiro atoms. The van der Waals surface area contributed by atoms with Crippen LogP contribution in [0.5, 0.6) is 5.75 Å². The first-order chi connectivity index (χ1) is 19.1. The van der Waals surface area contributed by atoms with Crippen LogP contribution in [0.3, 0.4) is 0 Å². The number of anilines is 1. The van der Waals surface area contributed by atoms with Crippen LogP contribution in [0.25, 0.3) is 32.9 Å². The van der Waals surface area contributed by atoms with Gasteiger partial charge in [-0.15, -0.1) is 0 Å². The zero-order valence-corrected chi connectivity index (χ0v) is 24.9. The fourth-order valence-corrected chi connectivity index (χ4v) is 4.71. The minimum Gasteiger partial charge on any atom is -0.460 e.